The normalized spacial score (nSPS) is 10.6. The van der Waals surface area contributed by atoms with Gasteiger partial charge in [-0.25, -0.2) is 0 Å². The second-order valence-corrected chi connectivity index (χ2v) is 5.39. The SMILES string of the molecule is Cc1cc(Cl)ccc1OCc1nnc(Cc2ccccc2)o1. The highest BCUT2D eigenvalue weighted by Gasteiger charge is 2.08. The monoisotopic (exact) mass is 314 g/mol. The van der Waals surface area contributed by atoms with Crippen molar-refractivity contribution in [2.45, 2.75) is 20.0 Å². The van der Waals surface area contributed by atoms with Crippen LogP contribution in [0.1, 0.15) is 22.9 Å². The van der Waals surface area contributed by atoms with Crippen molar-refractivity contribution in [1.82, 2.24) is 10.2 Å². The van der Waals surface area contributed by atoms with Crippen LogP contribution in [0.4, 0.5) is 0 Å². The van der Waals surface area contributed by atoms with Crippen LogP contribution >= 0.6 is 11.6 Å². The second-order valence-electron chi connectivity index (χ2n) is 4.95. The predicted molar refractivity (Wildman–Crippen MR) is 84.1 cm³/mol. The van der Waals surface area contributed by atoms with E-state index in [9.17, 15) is 0 Å². The van der Waals surface area contributed by atoms with Gasteiger partial charge in [-0.05, 0) is 36.2 Å². The lowest BCUT2D eigenvalue weighted by Gasteiger charge is -2.06. The predicted octanol–water partition coefficient (Wildman–Crippen LogP) is 4.20. The molecule has 5 heteroatoms. The minimum absolute atomic E-state index is 0.240. The van der Waals surface area contributed by atoms with Gasteiger partial charge in [-0.3, -0.25) is 0 Å². The molecule has 0 amide bonds. The van der Waals surface area contributed by atoms with Crippen molar-refractivity contribution in [3.63, 3.8) is 0 Å². The number of benzene rings is 2. The number of aryl methyl sites for hydroxylation is 1. The zero-order chi connectivity index (χ0) is 15.4. The zero-order valence-corrected chi connectivity index (χ0v) is 12.9. The molecule has 0 fully saturated rings. The van der Waals surface area contributed by atoms with Gasteiger partial charge in [0.1, 0.15) is 5.75 Å². The Morgan fingerprint density at radius 2 is 1.82 bits per heavy atom. The van der Waals surface area contributed by atoms with Crippen LogP contribution in [0.2, 0.25) is 5.02 Å². The van der Waals surface area contributed by atoms with Crippen LogP contribution in [-0.2, 0) is 13.0 Å². The summed E-state index contributed by atoms with van der Waals surface area (Å²) in [6.45, 7) is 2.18. The van der Waals surface area contributed by atoms with Crippen LogP contribution in [0.15, 0.2) is 52.9 Å². The maximum absolute atomic E-state index is 5.92. The molecule has 0 aliphatic heterocycles. The molecule has 0 aliphatic rings. The lowest BCUT2D eigenvalue weighted by Crippen LogP contribution is -1.97. The first-order valence-corrected chi connectivity index (χ1v) is 7.32. The molecule has 0 bridgehead atoms. The van der Waals surface area contributed by atoms with Gasteiger partial charge in [0.05, 0.1) is 6.42 Å². The third-order valence-corrected chi connectivity index (χ3v) is 3.43. The Labute approximate surface area is 133 Å². The molecule has 0 radical (unpaired) electrons. The highest BCUT2D eigenvalue weighted by Crippen LogP contribution is 2.22. The summed E-state index contributed by atoms with van der Waals surface area (Å²) in [7, 11) is 0. The average molecular weight is 315 g/mol. The van der Waals surface area contributed by atoms with E-state index in [2.05, 4.69) is 10.2 Å². The number of halogens is 1. The topological polar surface area (TPSA) is 48.2 Å². The van der Waals surface area contributed by atoms with Crippen molar-refractivity contribution >= 4 is 11.6 Å². The Kier molecular flexibility index (Phi) is 4.39. The Morgan fingerprint density at radius 3 is 2.59 bits per heavy atom. The van der Waals surface area contributed by atoms with E-state index in [0.29, 0.717) is 23.2 Å². The second kappa shape index (κ2) is 6.62. The molecule has 1 heterocycles. The van der Waals surface area contributed by atoms with E-state index in [1.54, 1.807) is 6.07 Å². The molecule has 0 unspecified atom stereocenters. The van der Waals surface area contributed by atoms with E-state index in [1.165, 1.54) is 0 Å². The maximum atomic E-state index is 5.92. The van der Waals surface area contributed by atoms with Crippen molar-refractivity contribution < 1.29 is 9.15 Å². The van der Waals surface area contributed by atoms with Crippen molar-refractivity contribution in [2.24, 2.45) is 0 Å². The molecule has 3 rings (SSSR count). The van der Waals surface area contributed by atoms with Gasteiger partial charge in [0.25, 0.3) is 5.89 Å². The molecule has 2 aromatic carbocycles. The molecule has 0 spiro atoms. The van der Waals surface area contributed by atoms with Gasteiger partial charge in [-0.1, -0.05) is 41.9 Å². The third-order valence-electron chi connectivity index (χ3n) is 3.19. The Hall–Kier alpha value is -2.33. The lowest BCUT2D eigenvalue weighted by atomic mass is 10.2. The molecule has 0 aliphatic carbocycles. The largest absolute Gasteiger partial charge is 0.484 e. The van der Waals surface area contributed by atoms with Crippen LogP contribution in [0.5, 0.6) is 5.75 Å². The molecular formula is C17H15ClN2O2. The Morgan fingerprint density at radius 1 is 1.05 bits per heavy atom. The van der Waals surface area contributed by atoms with Crippen molar-refractivity contribution in [3.8, 4) is 5.75 Å². The fraction of sp³-hybridized carbons (Fsp3) is 0.176. The van der Waals surface area contributed by atoms with Crippen molar-refractivity contribution in [1.29, 1.82) is 0 Å². The first-order chi connectivity index (χ1) is 10.7. The first-order valence-electron chi connectivity index (χ1n) is 6.95. The van der Waals surface area contributed by atoms with Crippen LogP contribution in [-0.4, -0.2) is 10.2 Å². The number of hydrogen-bond donors (Lipinski definition) is 0. The van der Waals surface area contributed by atoms with Gasteiger partial charge in [0.15, 0.2) is 6.61 Å². The highest BCUT2D eigenvalue weighted by molar-refractivity contribution is 6.30. The number of rotatable bonds is 5. The molecule has 4 nitrogen and oxygen atoms in total. The number of aromatic nitrogens is 2. The van der Waals surface area contributed by atoms with E-state index < -0.39 is 0 Å². The van der Waals surface area contributed by atoms with E-state index in [1.807, 2.05) is 49.4 Å². The van der Waals surface area contributed by atoms with Crippen LogP contribution in [0, 0.1) is 6.92 Å². The average Bonchev–Trinajstić information content (AvgIpc) is 2.95. The smallest absolute Gasteiger partial charge is 0.253 e. The summed E-state index contributed by atoms with van der Waals surface area (Å²) >= 11 is 5.92. The van der Waals surface area contributed by atoms with Gasteiger partial charge in [-0.2, -0.15) is 0 Å². The fourth-order valence-corrected chi connectivity index (χ4v) is 2.33. The summed E-state index contributed by atoms with van der Waals surface area (Å²) in [5, 5.41) is 8.74. The molecule has 0 saturated heterocycles. The van der Waals surface area contributed by atoms with Crippen molar-refractivity contribution in [2.75, 3.05) is 0 Å². The molecule has 112 valence electrons. The number of hydrogen-bond acceptors (Lipinski definition) is 4. The summed E-state index contributed by atoms with van der Waals surface area (Å²) in [5.74, 6) is 1.80. The third kappa shape index (κ3) is 3.65. The molecule has 1 aromatic heterocycles. The van der Waals surface area contributed by atoms with E-state index in [0.717, 1.165) is 16.9 Å². The Bertz CT molecular complexity index is 756. The quantitative estimate of drug-likeness (QED) is 0.708. The summed E-state index contributed by atoms with van der Waals surface area (Å²) < 4.78 is 11.3. The van der Waals surface area contributed by atoms with E-state index in [4.69, 9.17) is 20.8 Å². The maximum Gasteiger partial charge on any atom is 0.253 e. The van der Waals surface area contributed by atoms with Gasteiger partial charge >= 0.3 is 0 Å². The van der Waals surface area contributed by atoms with Gasteiger partial charge < -0.3 is 9.15 Å². The summed E-state index contributed by atoms with van der Waals surface area (Å²) in [4.78, 5) is 0. The van der Waals surface area contributed by atoms with Crippen LogP contribution < -0.4 is 4.74 Å². The fourth-order valence-electron chi connectivity index (χ4n) is 2.10. The highest BCUT2D eigenvalue weighted by atomic mass is 35.5. The molecular weight excluding hydrogens is 300 g/mol. The van der Waals surface area contributed by atoms with Gasteiger partial charge in [0, 0.05) is 5.02 Å². The zero-order valence-electron chi connectivity index (χ0n) is 12.1. The number of ether oxygens (including phenoxy) is 1. The van der Waals surface area contributed by atoms with Gasteiger partial charge in [0.2, 0.25) is 5.89 Å². The van der Waals surface area contributed by atoms with E-state index in [-0.39, 0.29) is 6.61 Å². The first kappa shape index (κ1) is 14.6. The molecule has 22 heavy (non-hydrogen) atoms. The lowest BCUT2D eigenvalue weighted by molar-refractivity contribution is 0.258. The molecule has 0 N–H and O–H groups in total. The minimum atomic E-state index is 0.240. The van der Waals surface area contributed by atoms with Crippen LogP contribution in [0.3, 0.4) is 0 Å². The standard InChI is InChI=1S/C17H15ClN2O2/c1-12-9-14(18)7-8-15(12)21-11-17-20-19-16(22-17)10-13-5-3-2-4-6-13/h2-9H,10-11H2,1H3. The van der Waals surface area contributed by atoms with E-state index >= 15 is 0 Å². The molecule has 3 aromatic rings. The Balaban J connectivity index is 1.62. The summed E-state index contributed by atoms with van der Waals surface area (Å²) in [6, 6.07) is 15.5. The summed E-state index contributed by atoms with van der Waals surface area (Å²) in [6.07, 6.45) is 0.619. The summed E-state index contributed by atoms with van der Waals surface area (Å²) in [5.41, 5.74) is 2.10. The van der Waals surface area contributed by atoms with Crippen LogP contribution in [0.25, 0.3) is 0 Å². The molecule has 0 atom stereocenters. The number of nitrogens with zero attached hydrogens (tertiary/aromatic N) is 2. The minimum Gasteiger partial charge on any atom is -0.484 e. The van der Waals surface area contributed by atoms with Crippen molar-refractivity contribution in [3.05, 3.63) is 76.5 Å². The molecule has 0 saturated carbocycles. The van der Waals surface area contributed by atoms with Gasteiger partial charge in [-0.15, -0.1) is 10.2 Å².